The highest BCUT2D eigenvalue weighted by atomic mass is 32.2. The van der Waals surface area contributed by atoms with E-state index >= 15 is 0 Å². The number of likely N-dealkylation sites (tertiary alicyclic amines) is 1. The molecular weight excluding hydrogens is 236 g/mol. The minimum Gasteiger partial charge on any atom is -0.332 e. The summed E-state index contributed by atoms with van der Waals surface area (Å²) in [5.74, 6) is 0.0125. The van der Waals surface area contributed by atoms with Crippen LogP contribution in [0, 0.1) is 5.92 Å². The molecule has 2 amide bonds. The average Bonchev–Trinajstić information content (AvgIpc) is 2.66. The number of allylic oxidation sites excluding steroid dienone is 1. The third-order valence-electron chi connectivity index (χ3n) is 2.97. The molecular formula is C12H18N2O2S. The Morgan fingerprint density at radius 3 is 2.35 bits per heavy atom. The van der Waals surface area contributed by atoms with Crippen LogP contribution in [0.2, 0.25) is 0 Å². The summed E-state index contributed by atoms with van der Waals surface area (Å²) < 4.78 is 3.12. The molecule has 4 nitrogen and oxygen atoms in total. The van der Waals surface area contributed by atoms with Gasteiger partial charge < -0.3 is 4.72 Å². The van der Waals surface area contributed by atoms with E-state index in [0.29, 0.717) is 5.57 Å². The first-order chi connectivity index (χ1) is 7.75. The quantitative estimate of drug-likeness (QED) is 0.571. The maximum absolute atomic E-state index is 12.4. The van der Waals surface area contributed by atoms with E-state index in [9.17, 15) is 9.59 Å². The second kappa shape index (κ2) is 3.77. The average molecular weight is 254 g/mol. The number of fused-ring (bicyclic) bond motifs is 1. The molecule has 0 radical (unpaired) electrons. The van der Waals surface area contributed by atoms with Gasteiger partial charge in [-0.15, -0.1) is 0 Å². The molecule has 1 unspecified atom stereocenters. The first-order valence-electron chi connectivity index (χ1n) is 5.79. The lowest BCUT2D eigenvalue weighted by molar-refractivity contribution is -0.142. The van der Waals surface area contributed by atoms with Gasteiger partial charge in [0.1, 0.15) is 5.25 Å². The first kappa shape index (κ1) is 12.5. The third-order valence-corrected chi connectivity index (χ3v) is 3.98. The van der Waals surface area contributed by atoms with Crippen molar-refractivity contribution in [1.29, 1.82) is 0 Å². The van der Waals surface area contributed by atoms with Gasteiger partial charge in [-0.2, -0.15) is 0 Å². The molecule has 1 N–H and O–H groups in total. The van der Waals surface area contributed by atoms with E-state index in [4.69, 9.17) is 0 Å². The Morgan fingerprint density at radius 2 is 1.88 bits per heavy atom. The number of carbonyl (C=O) groups is 2. The lowest BCUT2D eigenvalue weighted by Crippen LogP contribution is -2.46. The van der Waals surface area contributed by atoms with Crippen molar-refractivity contribution >= 4 is 23.8 Å². The summed E-state index contributed by atoms with van der Waals surface area (Å²) in [7, 11) is 0. The molecule has 1 saturated heterocycles. The Hall–Kier alpha value is -0.970. The van der Waals surface area contributed by atoms with Crippen LogP contribution in [0.4, 0.5) is 0 Å². The highest BCUT2D eigenvalue weighted by Crippen LogP contribution is 2.40. The van der Waals surface area contributed by atoms with Crippen LogP contribution < -0.4 is 4.72 Å². The Morgan fingerprint density at radius 1 is 1.29 bits per heavy atom. The molecule has 2 aliphatic heterocycles. The van der Waals surface area contributed by atoms with Crippen LogP contribution in [0.1, 0.15) is 34.6 Å². The third kappa shape index (κ3) is 1.76. The van der Waals surface area contributed by atoms with Crippen molar-refractivity contribution in [3.05, 3.63) is 11.3 Å². The standard InChI is InChI=1S/C12H18N2O2S/c1-6(2)8-7-9(17-13-8)11(16)14(10(7)15)12(3,4)5/h6,9,13H,1-5H3. The summed E-state index contributed by atoms with van der Waals surface area (Å²) in [5, 5.41) is -0.348. The molecule has 2 heterocycles. The van der Waals surface area contributed by atoms with Crippen molar-refractivity contribution < 1.29 is 9.59 Å². The molecule has 2 aliphatic rings. The van der Waals surface area contributed by atoms with E-state index in [1.807, 2.05) is 34.6 Å². The largest absolute Gasteiger partial charge is 0.332 e. The molecule has 0 saturated carbocycles. The number of carbonyl (C=O) groups excluding carboxylic acids is 2. The number of imide groups is 1. The smallest absolute Gasteiger partial charge is 0.260 e. The number of hydrogen-bond donors (Lipinski definition) is 1. The van der Waals surface area contributed by atoms with E-state index in [1.165, 1.54) is 16.8 Å². The maximum atomic E-state index is 12.4. The Balaban J connectivity index is 2.47. The molecule has 5 heteroatoms. The summed E-state index contributed by atoms with van der Waals surface area (Å²) in [6.07, 6.45) is 0. The van der Waals surface area contributed by atoms with Gasteiger partial charge in [0.2, 0.25) is 5.91 Å². The van der Waals surface area contributed by atoms with Crippen LogP contribution in [-0.2, 0) is 9.59 Å². The summed E-state index contributed by atoms with van der Waals surface area (Å²) >= 11 is 1.34. The van der Waals surface area contributed by atoms with Crippen LogP contribution >= 0.6 is 11.9 Å². The minimum absolute atomic E-state index is 0.0920. The number of amides is 2. The monoisotopic (exact) mass is 254 g/mol. The Bertz CT molecular complexity index is 421. The molecule has 94 valence electrons. The fourth-order valence-electron chi connectivity index (χ4n) is 2.18. The van der Waals surface area contributed by atoms with Crippen molar-refractivity contribution in [2.75, 3.05) is 0 Å². The fourth-order valence-corrected chi connectivity index (χ4v) is 3.32. The lowest BCUT2D eigenvalue weighted by atomic mass is 10.0. The van der Waals surface area contributed by atoms with E-state index in [0.717, 1.165) is 5.70 Å². The zero-order chi connectivity index (χ0) is 13.0. The fraction of sp³-hybridized carbons (Fsp3) is 0.667. The van der Waals surface area contributed by atoms with Crippen LogP contribution in [0.3, 0.4) is 0 Å². The van der Waals surface area contributed by atoms with Gasteiger partial charge in [0.15, 0.2) is 0 Å². The molecule has 0 bridgehead atoms. The summed E-state index contributed by atoms with van der Waals surface area (Å²) in [6.45, 7) is 9.71. The first-order valence-corrected chi connectivity index (χ1v) is 6.67. The van der Waals surface area contributed by atoms with Gasteiger partial charge >= 0.3 is 0 Å². The lowest BCUT2D eigenvalue weighted by Gasteiger charge is -2.30. The van der Waals surface area contributed by atoms with Crippen molar-refractivity contribution in [1.82, 2.24) is 9.62 Å². The van der Waals surface area contributed by atoms with Gasteiger partial charge in [0, 0.05) is 11.2 Å². The highest BCUT2D eigenvalue weighted by molar-refractivity contribution is 7.99. The highest BCUT2D eigenvalue weighted by Gasteiger charge is 2.52. The molecule has 2 rings (SSSR count). The van der Waals surface area contributed by atoms with Crippen molar-refractivity contribution in [3.8, 4) is 0 Å². The molecule has 17 heavy (non-hydrogen) atoms. The summed E-state index contributed by atoms with van der Waals surface area (Å²) in [4.78, 5) is 26.0. The molecule has 0 aromatic rings. The maximum Gasteiger partial charge on any atom is 0.260 e. The van der Waals surface area contributed by atoms with E-state index in [2.05, 4.69) is 4.72 Å². The predicted octanol–water partition coefficient (Wildman–Crippen LogP) is 1.68. The number of nitrogens with zero attached hydrogens (tertiary/aromatic N) is 1. The second-order valence-electron chi connectivity index (χ2n) is 5.73. The number of nitrogens with one attached hydrogen (secondary N) is 1. The predicted molar refractivity (Wildman–Crippen MR) is 68.0 cm³/mol. The Kier molecular flexibility index (Phi) is 2.77. The van der Waals surface area contributed by atoms with Crippen LogP contribution in [0.25, 0.3) is 0 Å². The van der Waals surface area contributed by atoms with Crippen molar-refractivity contribution in [3.63, 3.8) is 0 Å². The van der Waals surface area contributed by atoms with Crippen LogP contribution in [0.15, 0.2) is 11.3 Å². The van der Waals surface area contributed by atoms with Crippen molar-refractivity contribution in [2.45, 2.75) is 45.4 Å². The van der Waals surface area contributed by atoms with E-state index in [-0.39, 0.29) is 23.0 Å². The number of hydrogen-bond acceptors (Lipinski definition) is 4. The molecule has 0 aromatic heterocycles. The van der Waals surface area contributed by atoms with Crippen LogP contribution in [-0.4, -0.2) is 27.5 Å². The van der Waals surface area contributed by atoms with Crippen molar-refractivity contribution in [2.24, 2.45) is 5.92 Å². The molecule has 1 atom stereocenters. The Labute approximate surface area is 106 Å². The van der Waals surface area contributed by atoms with Gasteiger partial charge in [-0.05, 0) is 38.6 Å². The molecule has 1 fully saturated rings. The summed E-state index contributed by atoms with van der Waals surface area (Å²) in [6, 6.07) is 0. The summed E-state index contributed by atoms with van der Waals surface area (Å²) in [5.41, 5.74) is 1.11. The van der Waals surface area contributed by atoms with Gasteiger partial charge in [-0.25, -0.2) is 0 Å². The second-order valence-corrected chi connectivity index (χ2v) is 6.64. The normalized spacial score (nSPS) is 24.8. The zero-order valence-electron chi connectivity index (χ0n) is 10.8. The molecule has 0 spiro atoms. The topological polar surface area (TPSA) is 49.4 Å². The van der Waals surface area contributed by atoms with Gasteiger partial charge in [0.05, 0.1) is 5.57 Å². The zero-order valence-corrected chi connectivity index (χ0v) is 11.6. The van der Waals surface area contributed by atoms with Gasteiger partial charge in [-0.1, -0.05) is 13.8 Å². The van der Waals surface area contributed by atoms with E-state index < -0.39 is 5.54 Å². The van der Waals surface area contributed by atoms with Crippen LogP contribution in [0.5, 0.6) is 0 Å². The minimum atomic E-state index is -0.450. The van der Waals surface area contributed by atoms with Gasteiger partial charge in [-0.3, -0.25) is 14.5 Å². The van der Waals surface area contributed by atoms with E-state index in [1.54, 1.807) is 0 Å². The molecule has 0 aromatic carbocycles. The number of rotatable bonds is 1. The molecule has 0 aliphatic carbocycles. The SMILES string of the molecule is CC(C)C1=C2C(=O)N(C(C)(C)C)C(=O)C2SN1. The van der Waals surface area contributed by atoms with Gasteiger partial charge in [0.25, 0.3) is 5.91 Å².